The summed E-state index contributed by atoms with van der Waals surface area (Å²) in [6.07, 6.45) is 1.93. The topological polar surface area (TPSA) is 55.4 Å². The number of carbonyl (C=O) groups excluding carboxylic acids is 2. The van der Waals surface area contributed by atoms with Gasteiger partial charge in [0.25, 0.3) is 0 Å². The van der Waals surface area contributed by atoms with E-state index in [2.05, 4.69) is 5.32 Å². The maximum atomic E-state index is 12.2. The highest BCUT2D eigenvalue weighted by atomic mass is 35.5. The molecule has 0 saturated heterocycles. The van der Waals surface area contributed by atoms with E-state index in [1.165, 1.54) is 7.11 Å². The summed E-state index contributed by atoms with van der Waals surface area (Å²) in [7, 11) is 1.30. The molecule has 5 heteroatoms. The number of hydrogen-bond donors (Lipinski definition) is 1. The fourth-order valence-corrected chi connectivity index (χ4v) is 2.26. The monoisotopic (exact) mass is 267 g/mol. The highest BCUT2D eigenvalue weighted by Gasteiger charge is 2.51. The van der Waals surface area contributed by atoms with Crippen molar-refractivity contribution in [2.75, 3.05) is 12.4 Å². The van der Waals surface area contributed by atoms with Crippen LogP contribution in [0.5, 0.6) is 0 Å². The van der Waals surface area contributed by atoms with Gasteiger partial charge in [0.15, 0.2) is 0 Å². The molecule has 1 saturated carbocycles. The van der Waals surface area contributed by atoms with Gasteiger partial charge >= 0.3 is 5.97 Å². The fourth-order valence-electron chi connectivity index (χ4n) is 2.07. The fraction of sp³-hybridized carbons (Fsp3) is 0.385. The maximum Gasteiger partial charge on any atom is 0.321 e. The molecular formula is C13H14ClNO3. The normalized spacial score (nSPS) is 16.6. The number of nitrogens with one attached hydrogen (secondary N) is 1. The third-order valence-electron chi connectivity index (χ3n) is 3.30. The average molecular weight is 268 g/mol. The number of anilines is 1. The van der Waals surface area contributed by atoms with E-state index in [1.54, 1.807) is 24.3 Å². The molecule has 1 aliphatic carbocycles. The number of halogens is 1. The number of rotatable bonds is 3. The van der Waals surface area contributed by atoms with Crippen molar-refractivity contribution in [1.82, 2.24) is 0 Å². The second-order valence-electron chi connectivity index (χ2n) is 4.39. The predicted octanol–water partition coefficient (Wildman–Crippen LogP) is 2.62. The SMILES string of the molecule is COC(=O)C1(C(=O)Nc2cccc(Cl)c2)CCC1. The van der Waals surface area contributed by atoms with Crippen LogP contribution in [0.2, 0.25) is 5.02 Å². The molecule has 0 aromatic heterocycles. The number of hydrogen-bond acceptors (Lipinski definition) is 3. The van der Waals surface area contributed by atoms with Crippen LogP contribution in [0.4, 0.5) is 5.69 Å². The average Bonchev–Trinajstić information content (AvgIpc) is 2.27. The summed E-state index contributed by atoms with van der Waals surface area (Å²) in [4.78, 5) is 23.9. The molecule has 1 aromatic rings. The predicted molar refractivity (Wildman–Crippen MR) is 68.4 cm³/mol. The number of ether oxygens (including phenoxy) is 1. The van der Waals surface area contributed by atoms with Crippen LogP contribution >= 0.6 is 11.6 Å². The molecule has 1 amide bonds. The van der Waals surface area contributed by atoms with Gasteiger partial charge in [0.2, 0.25) is 5.91 Å². The summed E-state index contributed by atoms with van der Waals surface area (Å²) in [5.41, 5.74) is -0.431. The smallest absolute Gasteiger partial charge is 0.321 e. The lowest BCUT2D eigenvalue weighted by Gasteiger charge is -2.36. The van der Waals surface area contributed by atoms with E-state index in [-0.39, 0.29) is 5.91 Å². The first kappa shape index (κ1) is 12.9. The molecule has 1 fully saturated rings. The number of amides is 1. The summed E-state index contributed by atoms with van der Waals surface area (Å²) in [6.45, 7) is 0. The second kappa shape index (κ2) is 4.98. The minimum atomic E-state index is -1.02. The van der Waals surface area contributed by atoms with Gasteiger partial charge in [-0.15, -0.1) is 0 Å². The van der Waals surface area contributed by atoms with Crippen molar-refractivity contribution in [3.8, 4) is 0 Å². The summed E-state index contributed by atoms with van der Waals surface area (Å²) in [6, 6.07) is 6.83. The lowest BCUT2D eigenvalue weighted by molar-refractivity contribution is -0.163. The van der Waals surface area contributed by atoms with Crippen LogP contribution in [-0.4, -0.2) is 19.0 Å². The van der Waals surface area contributed by atoms with E-state index in [4.69, 9.17) is 16.3 Å². The Kier molecular flexibility index (Phi) is 3.57. The minimum absolute atomic E-state index is 0.317. The van der Waals surface area contributed by atoms with Gasteiger partial charge in [0.05, 0.1) is 7.11 Å². The molecule has 18 heavy (non-hydrogen) atoms. The van der Waals surface area contributed by atoms with Gasteiger partial charge in [-0.25, -0.2) is 0 Å². The van der Waals surface area contributed by atoms with Crippen molar-refractivity contribution >= 4 is 29.2 Å². The Morgan fingerprint density at radius 1 is 1.39 bits per heavy atom. The maximum absolute atomic E-state index is 12.2. The highest BCUT2D eigenvalue weighted by Crippen LogP contribution is 2.43. The van der Waals surface area contributed by atoms with Gasteiger partial charge in [-0.2, -0.15) is 0 Å². The van der Waals surface area contributed by atoms with E-state index in [1.807, 2.05) is 0 Å². The Labute approximate surface area is 110 Å². The first-order valence-electron chi connectivity index (χ1n) is 5.74. The summed E-state index contributed by atoms with van der Waals surface area (Å²) >= 11 is 5.84. The standard InChI is InChI=1S/C13H14ClNO3/c1-18-12(17)13(6-3-7-13)11(16)15-10-5-2-4-9(14)8-10/h2,4-5,8H,3,6-7H2,1H3,(H,15,16). The molecule has 0 spiro atoms. The Hall–Kier alpha value is -1.55. The van der Waals surface area contributed by atoms with E-state index >= 15 is 0 Å². The molecule has 1 N–H and O–H groups in total. The summed E-state index contributed by atoms with van der Waals surface area (Å²) < 4.78 is 4.71. The molecule has 0 aliphatic heterocycles. The Morgan fingerprint density at radius 2 is 2.11 bits per heavy atom. The Bertz CT molecular complexity index is 483. The molecule has 1 aliphatic rings. The van der Waals surface area contributed by atoms with E-state index in [0.717, 1.165) is 6.42 Å². The quantitative estimate of drug-likeness (QED) is 0.677. The second-order valence-corrected chi connectivity index (χ2v) is 4.83. The van der Waals surface area contributed by atoms with Crippen LogP contribution in [0.25, 0.3) is 0 Å². The van der Waals surface area contributed by atoms with Crippen molar-refractivity contribution in [2.24, 2.45) is 5.41 Å². The van der Waals surface area contributed by atoms with E-state index in [9.17, 15) is 9.59 Å². The zero-order valence-electron chi connectivity index (χ0n) is 10.0. The van der Waals surface area contributed by atoms with E-state index in [0.29, 0.717) is 23.6 Å². The van der Waals surface area contributed by atoms with Crippen LogP contribution in [0, 0.1) is 5.41 Å². The number of esters is 1. The zero-order chi connectivity index (χ0) is 13.2. The van der Waals surface area contributed by atoms with E-state index < -0.39 is 11.4 Å². The molecule has 0 bridgehead atoms. The Morgan fingerprint density at radius 3 is 2.61 bits per heavy atom. The first-order valence-corrected chi connectivity index (χ1v) is 6.12. The third kappa shape index (κ3) is 2.20. The summed E-state index contributed by atoms with van der Waals surface area (Å²) in [5.74, 6) is -0.781. The van der Waals surface area contributed by atoms with Gasteiger partial charge in [-0.1, -0.05) is 24.1 Å². The first-order chi connectivity index (χ1) is 8.58. The third-order valence-corrected chi connectivity index (χ3v) is 3.54. The Balaban J connectivity index is 2.14. The number of carbonyl (C=O) groups is 2. The van der Waals surface area contributed by atoms with Crippen molar-refractivity contribution < 1.29 is 14.3 Å². The summed E-state index contributed by atoms with van der Waals surface area (Å²) in [5, 5.41) is 3.25. The van der Waals surface area contributed by atoms with Gasteiger partial charge in [-0.3, -0.25) is 9.59 Å². The minimum Gasteiger partial charge on any atom is -0.468 e. The van der Waals surface area contributed by atoms with Crippen LogP contribution in [-0.2, 0) is 14.3 Å². The number of methoxy groups -OCH3 is 1. The molecule has 0 atom stereocenters. The van der Waals surface area contributed by atoms with Crippen molar-refractivity contribution in [2.45, 2.75) is 19.3 Å². The van der Waals surface area contributed by atoms with Crippen molar-refractivity contribution in [3.63, 3.8) is 0 Å². The molecule has 0 unspecified atom stereocenters. The lowest BCUT2D eigenvalue weighted by Crippen LogP contribution is -2.48. The van der Waals surface area contributed by atoms with Gasteiger partial charge in [0.1, 0.15) is 5.41 Å². The molecule has 1 aromatic carbocycles. The van der Waals surface area contributed by atoms with Crippen LogP contribution in [0.1, 0.15) is 19.3 Å². The highest BCUT2D eigenvalue weighted by molar-refractivity contribution is 6.31. The van der Waals surface area contributed by atoms with Gasteiger partial charge < -0.3 is 10.1 Å². The van der Waals surface area contributed by atoms with Gasteiger partial charge in [-0.05, 0) is 31.0 Å². The number of benzene rings is 1. The van der Waals surface area contributed by atoms with Crippen molar-refractivity contribution in [3.05, 3.63) is 29.3 Å². The van der Waals surface area contributed by atoms with Gasteiger partial charge in [0, 0.05) is 10.7 Å². The molecule has 0 heterocycles. The van der Waals surface area contributed by atoms with Crippen molar-refractivity contribution in [1.29, 1.82) is 0 Å². The zero-order valence-corrected chi connectivity index (χ0v) is 10.8. The molecule has 4 nitrogen and oxygen atoms in total. The molecular weight excluding hydrogens is 254 g/mol. The molecule has 0 radical (unpaired) electrons. The van der Waals surface area contributed by atoms with Crippen LogP contribution in [0.3, 0.4) is 0 Å². The molecule has 96 valence electrons. The van der Waals surface area contributed by atoms with Crippen LogP contribution < -0.4 is 5.32 Å². The van der Waals surface area contributed by atoms with Crippen LogP contribution in [0.15, 0.2) is 24.3 Å². The largest absolute Gasteiger partial charge is 0.468 e. The lowest BCUT2D eigenvalue weighted by atomic mass is 9.68. The molecule has 2 rings (SSSR count).